The lowest BCUT2D eigenvalue weighted by Crippen LogP contribution is -2.34. The van der Waals surface area contributed by atoms with Gasteiger partial charge in [-0.25, -0.2) is 4.31 Å². The Morgan fingerprint density at radius 2 is 1.50 bits per heavy atom. The Morgan fingerprint density at radius 1 is 1.00 bits per heavy atom. The largest absolute Gasteiger partial charge is 0.245 e. The van der Waals surface area contributed by atoms with Crippen molar-refractivity contribution in [2.24, 2.45) is 0 Å². The van der Waals surface area contributed by atoms with Crippen molar-refractivity contribution in [3.05, 3.63) is 0 Å². The Morgan fingerprint density at radius 3 is 1.86 bits per heavy atom. The molecule has 2 atom stereocenters. The maximum atomic E-state index is 2.58. The van der Waals surface area contributed by atoms with Crippen LogP contribution in [-0.4, -0.2) is 34.2 Å². The summed E-state index contributed by atoms with van der Waals surface area (Å²) in [4.78, 5) is 0. The van der Waals surface area contributed by atoms with E-state index in [0.29, 0.717) is 12.1 Å². The molecule has 0 aliphatic heterocycles. The van der Waals surface area contributed by atoms with Crippen molar-refractivity contribution in [2.45, 2.75) is 52.6 Å². The van der Waals surface area contributed by atoms with Crippen LogP contribution in [0.25, 0.3) is 0 Å². The smallest absolute Gasteiger partial charge is 0.0174 e. The topological polar surface area (TPSA) is 3.24 Å². The zero-order chi connectivity index (χ0) is 11.0. The van der Waals surface area contributed by atoms with Gasteiger partial charge in [-0.2, -0.15) is 11.8 Å². The molecule has 0 amide bonds. The highest BCUT2D eigenvalue weighted by atomic mass is 32.2. The Hall–Kier alpha value is 0.660. The van der Waals surface area contributed by atoms with Crippen LogP contribution in [0.2, 0.25) is 0 Å². The van der Waals surface area contributed by atoms with E-state index in [2.05, 4.69) is 38.3 Å². The van der Waals surface area contributed by atoms with Crippen LogP contribution in [0, 0.1) is 0 Å². The second-order valence-corrected chi connectivity index (χ2v) is 5.77. The molecule has 0 saturated carbocycles. The van der Waals surface area contributed by atoms with Crippen LogP contribution >= 0.6 is 23.7 Å². The van der Waals surface area contributed by atoms with Crippen LogP contribution in [-0.2, 0) is 0 Å². The highest BCUT2D eigenvalue weighted by Crippen LogP contribution is 2.22. The van der Waals surface area contributed by atoms with Gasteiger partial charge in [0.2, 0.25) is 0 Å². The van der Waals surface area contributed by atoms with E-state index in [9.17, 15) is 0 Å². The highest BCUT2D eigenvalue weighted by Gasteiger charge is 2.17. The van der Waals surface area contributed by atoms with Gasteiger partial charge >= 0.3 is 0 Å². The predicted octanol–water partition coefficient (Wildman–Crippen LogP) is 3.90. The molecule has 14 heavy (non-hydrogen) atoms. The maximum Gasteiger partial charge on any atom is 0.0174 e. The lowest BCUT2D eigenvalue weighted by atomic mass is 10.2. The average molecular weight is 235 g/mol. The zero-order valence-electron chi connectivity index (χ0n) is 10.2. The van der Waals surface area contributed by atoms with Gasteiger partial charge in [-0.3, -0.25) is 0 Å². The van der Waals surface area contributed by atoms with E-state index in [1.807, 2.05) is 23.7 Å². The number of hydrogen-bond donors (Lipinski definition) is 0. The van der Waals surface area contributed by atoms with E-state index in [4.69, 9.17) is 0 Å². The predicted molar refractivity (Wildman–Crippen MR) is 72.2 cm³/mol. The lowest BCUT2D eigenvalue weighted by molar-refractivity contribution is 0.289. The van der Waals surface area contributed by atoms with E-state index < -0.39 is 0 Å². The average Bonchev–Trinajstić information content (AvgIpc) is 2.22. The third-order valence-corrected chi connectivity index (χ3v) is 4.85. The Bertz CT molecular complexity index is 120. The summed E-state index contributed by atoms with van der Waals surface area (Å²) < 4.78 is 2.58. The molecule has 0 radical (unpaired) electrons. The highest BCUT2D eigenvalue weighted by molar-refractivity contribution is 8.01. The molecular weight excluding hydrogens is 210 g/mol. The molecule has 0 aromatic carbocycles. The summed E-state index contributed by atoms with van der Waals surface area (Å²) in [6, 6.07) is 1.41. The molecule has 0 saturated heterocycles. The third kappa shape index (κ3) is 5.52. The van der Waals surface area contributed by atoms with Gasteiger partial charge in [0.15, 0.2) is 0 Å². The van der Waals surface area contributed by atoms with E-state index in [1.165, 1.54) is 24.3 Å². The van der Waals surface area contributed by atoms with E-state index in [0.717, 1.165) is 0 Å². The van der Waals surface area contributed by atoms with Gasteiger partial charge < -0.3 is 0 Å². The van der Waals surface area contributed by atoms with Crippen LogP contribution in [0.3, 0.4) is 0 Å². The molecule has 0 aromatic rings. The van der Waals surface area contributed by atoms with Crippen molar-refractivity contribution in [1.29, 1.82) is 0 Å². The second kappa shape index (κ2) is 8.93. The third-order valence-electron chi connectivity index (χ3n) is 2.58. The monoisotopic (exact) mass is 235 g/mol. The van der Waals surface area contributed by atoms with Crippen molar-refractivity contribution in [3.63, 3.8) is 0 Å². The Kier molecular flexibility index (Phi) is 9.35. The summed E-state index contributed by atoms with van der Waals surface area (Å²) in [5, 5.41) is 0. The first-order valence-corrected chi connectivity index (χ1v) is 7.91. The molecule has 0 aliphatic rings. The molecule has 0 aliphatic carbocycles. The first-order chi connectivity index (χ1) is 6.67. The quantitative estimate of drug-likeness (QED) is 0.464. The van der Waals surface area contributed by atoms with E-state index in [1.54, 1.807) is 0 Å². The van der Waals surface area contributed by atoms with Crippen LogP contribution in [0.15, 0.2) is 0 Å². The van der Waals surface area contributed by atoms with Crippen LogP contribution < -0.4 is 0 Å². The Labute approximate surface area is 98.5 Å². The Balaban J connectivity index is 3.97. The maximum absolute atomic E-state index is 2.58. The number of rotatable bonds is 8. The summed E-state index contributed by atoms with van der Waals surface area (Å²) >= 11 is 3.96. The molecule has 2 unspecified atom stereocenters. The van der Waals surface area contributed by atoms with Crippen LogP contribution in [0.1, 0.15) is 40.5 Å². The first kappa shape index (κ1) is 14.7. The van der Waals surface area contributed by atoms with Crippen molar-refractivity contribution in [3.8, 4) is 0 Å². The number of nitrogens with zero attached hydrogens (tertiary/aromatic N) is 1. The van der Waals surface area contributed by atoms with Crippen LogP contribution in [0.4, 0.5) is 0 Å². The van der Waals surface area contributed by atoms with Crippen molar-refractivity contribution in [1.82, 2.24) is 4.31 Å². The fourth-order valence-electron chi connectivity index (χ4n) is 1.27. The minimum absolute atomic E-state index is 0.705. The summed E-state index contributed by atoms with van der Waals surface area (Å²) in [7, 11) is 0. The summed E-state index contributed by atoms with van der Waals surface area (Å²) in [6.07, 6.45) is 4.67. The van der Waals surface area contributed by atoms with Crippen molar-refractivity contribution < 1.29 is 0 Å². The molecular formula is C11H25NS2. The second-order valence-electron chi connectivity index (χ2n) is 3.70. The SMILES string of the molecule is CCC(C)N(SCCSC)C(C)CC. The summed E-state index contributed by atoms with van der Waals surface area (Å²) in [6.45, 7) is 9.21. The molecule has 0 heterocycles. The molecule has 0 fully saturated rings. The fraction of sp³-hybridized carbons (Fsp3) is 1.00. The molecule has 86 valence electrons. The van der Waals surface area contributed by atoms with Gasteiger partial charge in [-0.05, 0) is 32.9 Å². The fourth-order valence-corrected chi connectivity index (χ4v) is 3.26. The molecule has 0 N–H and O–H groups in total. The van der Waals surface area contributed by atoms with Gasteiger partial charge in [0, 0.05) is 23.6 Å². The summed E-state index contributed by atoms with van der Waals surface area (Å²) in [5.41, 5.74) is 0. The van der Waals surface area contributed by atoms with Crippen LogP contribution in [0.5, 0.6) is 0 Å². The van der Waals surface area contributed by atoms with Crippen molar-refractivity contribution in [2.75, 3.05) is 17.8 Å². The van der Waals surface area contributed by atoms with Gasteiger partial charge in [-0.15, -0.1) is 0 Å². The van der Waals surface area contributed by atoms with Gasteiger partial charge in [0.05, 0.1) is 0 Å². The van der Waals surface area contributed by atoms with Gasteiger partial charge in [0.25, 0.3) is 0 Å². The number of hydrogen-bond acceptors (Lipinski definition) is 3. The minimum atomic E-state index is 0.705. The first-order valence-electron chi connectivity index (χ1n) is 5.57. The molecule has 0 rings (SSSR count). The van der Waals surface area contributed by atoms with E-state index in [-0.39, 0.29) is 0 Å². The molecule has 1 nitrogen and oxygen atoms in total. The lowest BCUT2D eigenvalue weighted by Gasteiger charge is -2.32. The molecule has 0 aromatic heterocycles. The standard InChI is InChI=1S/C11H25NS2/c1-6-10(3)12(11(4)7-2)14-9-8-13-5/h10-11H,6-9H2,1-5H3. The number of thioether (sulfide) groups is 1. The van der Waals surface area contributed by atoms with Crippen molar-refractivity contribution >= 4 is 23.7 Å². The minimum Gasteiger partial charge on any atom is -0.245 e. The summed E-state index contributed by atoms with van der Waals surface area (Å²) in [5.74, 6) is 2.50. The van der Waals surface area contributed by atoms with E-state index >= 15 is 0 Å². The molecule has 3 heteroatoms. The zero-order valence-corrected chi connectivity index (χ0v) is 11.9. The normalized spacial score (nSPS) is 15.9. The van der Waals surface area contributed by atoms with Gasteiger partial charge in [0.1, 0.15) is 0 Å². The molecule has 0 bridgehead atoms. The molecule has 0 spiro atoms. The van der Waals surface area contributed by atoms with Gasteiger partial charge in [-0.1, -0.05) is 25.8 Å².